The number of hydrogen-bond acceptors (Lipinski definition) is 3. The van der Waals surface area contributed by atoms with Crippen LogP contribution < -0.4 is 5.32 Å². The number of rotatable bonds is 3. The average Bonchev–Trinajstić information content (AvgIpc) is 2.42. The summed E-state index contributed by atoms with van der Waals surface area (Å²) in [7, 11) is -3.46. The zero-order valence-corrected chi connectivity index (χ0v) is 13.4. The SMILES string of the molecule is Cc1ccc(NC(=O)c2cc(S(C)(=O)=O)ccc2Cl)cc1F. The number of sulfone groups is 1. The molecule has 0 fully saturated rings. The monoisotopic (exact) mass is 341 g/mol. The van der Waals surface area contributed by atoms with Crippen LogP contribution in [0.1, 0.15) is 15.9 Å². The average molecular weight is 342 g/mol. The molecule has 0 saturated heterocycles. The van der Waals surface area contributed by atoms with Gasteiger partial charge in [0.2, 0.25) is 0 Å². The number of halogens is 2. The van der Waals surface area contributed by atoms with E-state index < -0.39 is 21.6 Å². The second-order valence-electron chi connectivity index (χ2n) is 4.83. The standard InChI is InChI=1S/C15H13ClFNO3S/c1-9-3-4-10(7-14(9)17)18-15(19)12-8-11(22(2,20)21)5-6-13(12)16/h3-8H,1-2H3,(H,18,19). The van der Waals surface area contributed by atoms with Gasteiger partial charge in [-0.05, 0) is 42.8 Å². The van der Waals surface area contributed by atoms with Gasteiger partial charge in [0, 0.05) is 11.9 Å². The number of amides is 1. The first-order chi connectivity index (χ1) is 10.2. The van der Waals surface area contributed by atoms with E-state index in [1.807, 2.05) is 0 Å². The van der Waals surface area contributed by atoms with Crippen molar-refractivity contribution in [2.75, 3.05) is 11.6 Å². The second-order valence-corrected chi connectivity index (χ2v) is 7.25. The summed E-state index contributed by atoms with van der Waals surface area (Å²) in [6.07, 6.45) is 1.03. The van der Waals surface area contributed by atoms with E-state index >= 15 is 0 Å². The fourth-order valence-electron chi connectivity index (χ4n) is 1.78. The summed E-state index contributed by atoms with van der Waals surface area (Å²) in [6.45, 7) is 1.60. The van der Waals surface area contributed by atoms with Crippen LogP contribution in [0.25, 0.3) is 0 Å². The Kier molecular flexibility index (Phi) is 4.53. The molecule has 0 aromatic heterocycles. The Labute approximate surface area is 132 Å². The lowest BCUT2D eigenvalue weighted by Crippen LogP contribution is -2.13. The maximum Gasteiger partial charge on any atom is 0.257 e. The molecule has 0 unspecified atom stereocenters. The fourth-order valence-corrected chi connectivity index (χ4v) is 2.63. The molecule has 1 amide bonds. The van der Waals surface area contributed by atoms with Gasteiger partial charge in [-0.3, -0.25) is 4.79 Å². The smallest absolute Gasteiger partial charge is 0.257 e. The van der Waals surface area contributed by atoms with E-state index in [-0.39, 0.29) is 21.2 Å². The van der Waals surface area contributed by atoms with Gasteiger partial charge in [-0.25, -0.2) is 12.8 Å². The minimum Gasteiger partial charge on any atom is -0.322 e. The zero-order chi connectivity index (χ0) is 16.5. The van der Waals surface area contributed by atoms with Gasteiger partial charge in [0.25, 0.3) is 5.91 Å². The molecule has 0 radical (unpaired) electrons. The zero-order valence-electron chi connectivity index (χ0n) is 11.9. The van der Waals surface area contributed by atoms with Gasteiger partial charge in [0.05, 0.1) is 15.5 Å². The van der Waals surface area contributed by atoms with Crippen LogP contribution in [0.3, 0.4) is 0 Å². The molecule has 4 nitrogen and oxygen atoms in total. The fraction of sp³-hybridized carbons (Fsp3) is 0.133. The number of hydrogen-bond donors (Lipinski definition) is 1. The third kappa shape index (κ3) is 3.64. The van der Waals surface area contributed by atoms with Gasteiger partial charge in [0.1, 0.15) is 5.82 Å². The lowest BCUT2D eigenvalue weighted by atomic mass is 10.2. The van der Waals surface area contributed by atoms with Crippen molar-refractivity contribution < 1.29 is 17.6 Å². The number of nitrogens with one attached hydrogen (secondary N) is 1. The van der Waals surface area contributed by atoms with E-state index in [2.05, 4.69) is 5.32 Å². The maximum atomic E-state index is 13.5. The Morgan fingerprint density at radius 1 is 1.18 bits per heavy atom. The summed E-state index contributed by atoms with van der Waals surface area (Å²) in [5.74, 6) is -1.06. The van der Waals surface area contributed by atoms with Gasteiger partial charge in [0.15, 0.2) is 9.84 Å². The Hall–Kier alpha value is -1.92. The van der Waals surface area contributed by atoms with E-state index in [0.29, 0.717) is 5.56 Å². The molecule has 0 heterocycles. The molecular weight excluding hydrogens is 329 g/mol. The highest BCUT2D eigenvalue weighted by Gasteiger charge is 2.16. The summed E-state index contributed by atoms with van der Waals surface area (Å²) >= 11 is 5.93. The quantitative estimate of drug-likeness (QED) is 0.930. The van der Waals surface area contributed by atoms with E-state index in [9.17, 15) is 17.6 Å². The largest absolute Gasteiger partial charge is 0.322 e. The number of carbonyl (C=O) groups excluding carboxylic acids is 1. The van der Waals surface area contributed by atoms with Crippen LogP contribution in [0.4, 0.5) is 10.1 Å². The van der Waals surface area contributed by atoms with E-state index in [4.69, 9.17) is 11.6 Å². The number of aryl methyl sites for hydroxylation is 1. The van der Waals surface area contributed by atoms with Crippen LogP contribution in [-0.2, 0) is 9.84 Å². The lowest BCUT2D eigenvalue weighted by Gasteiger charge is -2.09. The first kappa shape index (κ1) is 16.5. The van der Waals surface area contributed by atoms with Gasteiger partial charge in [-0.15, -0.1) is 0 Å². The molecule has 2 aromatic carbocycles. The number of anilines is 1. The summed E-state index contributed by atoms with van der Waals surface area (Å²) in [5, 5.41) is 2.60. The van der Waals surface area contributed by atoms with Crippen molar-refractivity contribution in [3.05, 3.63) is 58.4 Å². The number of benzene rings is 2. The molecule has 0 spiro atoms. The lowest BCUT2D eigenvalue weighted by molar-refractivity contribution is 0.102. The summed E-state index contributed by atoms with van der Waals surface area (Å²) in [5.41, 5.74) is 0.717. The summed E-state index contributed by atoms with van der Waals surface area (Å²) in [6, 6.07) is 8.10. The van der Waals surface area contributed by atoms with Crippen molar-refractivity contribution in [1.29, 1.82) is 0 Å². The summed E-state index contributed by atoms with van der Waals surface area (Å²) < 4.78 is 36.5. The predicted molar refractivity (Wildman–Crippen MR) is 83.7 cm³/mol. The highest BCUT2D eigenvalue weighted by atomic mass is 35.5. The van der Waals surface area contributed by atoms with Crippen LogP contribution in [0, 0.1) is 12.7 Å². The Bertz CT molecular complexity index is 850. The van der Waals surface area contributed by atoms with Crippen LogP contribution in [0.5, 0.6) is 0 Å². The minimum atomic E-state index is -3.46. The molecule has 0 aliphatic carbocycles. The molecule has 1 N–H and O–H groups in total. The molecule has 22 heavy (non-hydrogen) atoms. The molecule has 0 aliphatic rings. The van der Waals surface area contributed by atoms with Crippen molar-refractivity contribution in [2.45, 2.75) is 11.8 Å². The van der Waals surface area contributed by atoms with Crippen LogP contribution in [-0.4, -0.2) is 20.6 Å². The van der Waals surface area contributed by atoms with Crippen molar-refractivity contribution in [3.8, 4) is 0 Å². The maximum absolute atomic E-state index is 13.5. The molecule has 7 heteroatoms. The van der Waals surface area contributed by atoms with Crippen LogP contribution in [0.15, 0.2) is 41.3 Å². The molecule has 116 valence electrons. The Morgan fingerprint density at radius 2 is 1.86 bits per heavy atom. The predicted octanol–water partition coefficient (Wildman–Crippen LogP) is 3.44. The molecule has 0 saturated carbocycles. The number of carbonyl (C=O) groups is 1. The van der Waals surface area contributed by atoms with Gasteiger partial charge < -0.3 is 5.32 Å². The normalized spacial score (nSPS) is 11.3. The van der Waals surface area contributed by atoms with Crippen molar-refractivity contribution in [3.63, 3.8) is 0 Å². The summed E-state index contributed by atoms with van der Waals surface area (Å²) in [4.78, 5) is 12.2. The molecule has 0 bridgehead atoms. The van der Waals surface area contributed by atoms with Gasteiger partial charge >= 0.3 is 0 Å². The van der Waals surface area contributed by atoms with Crippen molar-refractivity contribution in [1.82, 2.24) is 0 Å². The molecule has 2 aromatic rings. The highest BCUT2D eigenvalue weighted by Crippen LogP contribution is 2.22. The molecule has 0 aliphatic heterocycles. The van der Waals surface area contributed by atoms with E-state index in [1.54, 1.807) is 13.0 Å². The van der Waals surface area contributed by atoms with E-state index in [1.165, 1.54) is 30.3 Å². The first-order valence-electron chi connectivity index (χ1n) is 6.25. The van der Waals surface area contributed by atoms with Crippen molar-refractivity contribution in [2.24, 2.45) is 0 Å². The second kappa shape index (κ2) is 6.06. The molecule has 0 atom stereocenters. The van der Waals surface area contributed by atoms with Crippen molar-refractivity contribution >= 4 is 33.0 Å². The first-order valence-corrected chi connectivity index (χ1v) is 8.52. The highest BCUT2D eigenvalue weighted by molar-refractivity contribution is 7.90. The van der Waals surface area contributed by atoms with Crippen LogP contribution in [0.2, 0.25) is 5.02 Å². The topological polar surface area (TPSA) is 63.2 Å². The molecular formula is C15H13ClFNO3S. The Balaban J connectivity index is 2.35. The third-order valence-corrected chi connectivity index (χ3v) is 4.48. The van der Waals surface area contributed by atoms with Gasteiger partial charge in [-0.2, -0.15) is 0 Å². The van der Waals surface area contributed by atoms with E-state index in [0.717, 1.165) is 6.26 Å². The Morgan fingerprint density at radius 3 is 2.45 bits per heavy atom. The molecule has 2 rings (SSSR count). The third-order valence-electron chi connectivity index (χ3n) is 3.04. The van der Waals surface area contributed by atoms with Gasteiger partial charge in [-0.1, -0.05) is 17.7 Å². The minimum absolute atomic E-state index is 0.00516. The van der Waals surface area contributed by atoms with Crippen LogP contribution >= 0.6 is 11.6 Å².